The number of hydrogen-bond donors (Lipinski definition) is 3. The molecule has 3 N–H and O–H groups in total. The summed E-state index contributed by atoms with van der Waals surface area (Å²) in [6.45, 7) is 1.24. The maximum atomic E-state index is 12.3. The smallest absolute Gasteiger partial charge is 0.242 e. The van der Waals surface area contributed by atoms with Gasteiger partial charge in [-0.05, 0) is 37.5 Å². The highest BCUT2D eigenvalue weighted by atomic mass is 32.2. The molecule has 3 rings (SSSR count). The van der Waals surface area contributed by atoms with Gasteiger partial charge in [0.25, 0.3) is 0 Å². The van der Waals surface area contributed by atoms with Gasteiger partial charge in [0.1, 0.15) is 0 Å². The summed E-state index contributed by atoms with van der Waals surface area (Å²) >= 11 is 1.88. The van der Waals surface area contributed by atoms with Crippen molar-refractivity contribution in [3.8, 4) is 0 Å². The van der Waals surface area contributed by atoms with E-state index in [2.05, 4.69) is 15.0 Å². The minimum absolute atomic E-state index is 0.343. The van der Waals surface area contributed by atoms with Crippen LogP contribution in [0.1, 0.15) is 37.8 Å². The lowest BCUT2D eigenvalue weighted by Crippen LogP contribution is -2.31. The van der Waals surface area contributed by atoms with E-state index in [9.17, 15) is 8.42 Å². The largest absolute Gasteiger partial charge is 0.363 e. The van der Waals surface area contributed by atoms with E-state index in [0.717, 1.165) is 17.9 Å². The lowest BCUT2D eigenvalue weighted by molar-refractivity contribution is 0.574. The summed E-state index contributed by atoms with van der Waals surface area (Å²) in [5.41, 5.74) is 0.925. The van der Waals surface area contributed by atoms with Crippen LogP contribution in [0.5, 0.6) is 0 Å². The van der Waals surface area contributed by atoms with Gasteiger partial charge in [-0.25, -0.2) is 13.1 Å². The van der Waals surface area contributed by atoms with E-state index in [1.807, 2.05) is 11.8 Å². The first kappa shape index (κ1) is 15.4. The first-order chi connectivity index (χ1) is 10.1. The van der Waals surface area contributed by atoms with Gasteiger partial charge in [-0.2, -0.15) is 11.8 Å². The van der Waals surface area contributed by atoms with Crippen LogP contribution in [0.25, 0.3) is 0 Å². The molecule has 1 saturated carbocycles. The van der Waals surface area contributed by atoms with Crippen LogP contribution in [0.15, 0.2) is 17.2 Å². The van der Waals surface area contributed by atoms with Gasteiger partial charge >= 0.3 is 0 Å². The molecule has 21 heavy (non-hydrogen) atoms. The Labute approximate surface area is 130 Å². The van der Waals surface area contributed by atoms with Gasteiger partial charge < -0.3 is 10.3 Å². The molecule has 1 unspecified atom stereocenters. The SMILES string of the molecule is O=S(=O)(NCC1CCCCS1)c1c[nH]c(CNC2CC2)c1. The fourth-order valence-electron chi connectivity index (χ4n) is 2.47. The molecule has 0 spiro atoms. The lowest BCUT2D eigenvalue weighted by Gasteiger charge is -2.21. The number of hydrogen-bond acceptors (Lipinski definition) is 4. The number of thioether (sulfide) groups is 1. The van der Waals surface area contributed by atoms with Crippen molar-refractivity contribution >= 4 is 21.8 Å². The van der Waals surface area contributed by atoms with Crippen LogP contribution in [-0.2, 0) is 16.6 Å². The maximum absolute atomic E-state index is 12.3. The van der Waals surface area contributed by atoms with E-state index >= 15 is 0 Å². The first-order valence-electron chi connectivity index (χ1n) is 7.65. The van der Waals surface area contributed by atoms with E-state index < -0.39 is 10.0 Å². The molecule has 2 aliphatic rings. The maximum Gasteiger partial charge on any atom is 0.242 e. The predicted octanol–water partition coefficient (Wildman–Crippen LogP) is 1.83. The van der Waals surface area contributed by atoms with Crippen molar-refractivity contribution in [3.05, 3.63) is 18.0 Å². The Morgan fingerprint density at radius 1 is 1.29 bits per heavy atom. The van der Waals surface area contributed by atoms with Crippen molar-refractivity contribution in [2.75, 3.05) is 12.3 Å². The van der Waals surface area contributed by atoms with Crippen LogP contribution in [0.3, 0.4) is 0 Å². The predicted molar refractivity (Wildman–Crippen MR) is 85.9 cm³/mol. The van der Waals surface area contributed by atoms with Gasteiger partial charge in [-0.1, -0.05) is 6.42 Å². The van der Waals surface area contributed by atoms with E-state index in [0.29, 0.717) is 29.3 Å². The van der Waals surface area contributed by atoms with Crippen molar-refractivity contribution < 1.29 is 8.42 Å². The number of sulfonamides is 1. The molecule has 0 radical (unpaired) electrons. The summed E-state index contributed by atoms with van der Waals surface area (Å²) in [7, 11) is -3.38. The molecule has 7 heteroatoms. The number of aromatic amines is 1. The summed E-state index contributed by atoms with van der Waals surface area (Å²) in [6.07, 6.45) is 7.61. The van der Waals surface area contributed by atoms with Crippen LogP contribution < -0.4 is 10.0 Å². The molecule has 1 aromatic heterocycles. The molecule has 1 saturated heterocycles. The highest BCUT2D eigenvalue weighted by molar-refractivity contribution is 8.00. The Balaban J connectivity index is 1.53. The summed E-state index contributed by atoms with van der Waals surface area (Å²) in [5, 5.41) is 3.79. The number of aromatic nitrogens is 1. The second-order valence-electron chi connectivity index (χ2n) is 5.86. The van der Waals surface area contributed by atoms with Crippen LogP contribution >= 0.6 is 11.8 Å². The van der Waals surface area contributed by atoms with Crippen LogP contribution in [0, 0.1) is 0 Å². The summed E-state index contributed by atoms with van der Waals surface area (Å²) in [6, 6.07) is 2.35. The molecule has 5 nitrogen and oxygen atoms in total. The number of rotatable bonds is 7. The third-order valence-electron chi connectivity index (χ3n) is 3.96. The van der Waals surface area contributed by atoms with E-state index in [1.54, 1.807) is 12.3 Å². The van der Waals surface area contributed by atoms with Crippen molar-refractivity contribution in [1.82, 2.24) is 15.0 Å². The minimum atomic E-state index is -3.38. The second-order valence-corrected chi connectivity index (χ2v) is 9.03. The molecule has 118 valence electrons. The Morgan fingerprint density at radius 2 is 2.14 bits per heavy atom. The van der Waals surface area contributed by atoms with Gasteiger partial charge in [0.05, 0.1) is 4.90 Å². The Morgan fingerprint density at radius 3 is 2.86 bits per heavy atom. The molecular weight excluding hydrogens is 306 g/mol. The Bertz CT molecular complexity index is 561. The highest BCUT2D eigenvalue weighted by Gasteiger charge is 2.22. The highest BCUT2D eigenvalue weighted by Crippen LogP contribution is 2.25. The molecule has 1 aliphatic carbocycles. The topological polar surface area (TPSA) is 74.0 Å². The molecule has 1 aromatic rings. The zero-order valence-electron chi connectivity index (χ0n) is 12.1. The molecular formula is C14H23N3O2S2. The Hall–Kier alpha value is -0.500. The first-order valence-corrected chi connectivity index (χ1v) is 10.2. The molecule has 0 amide bonds. The van der Waals surface area contributed by atoms with E-state index in [4.69, 9.17) is 0 Å². The van der Waals surface area contributed by atoms with Gasteiger partial charge in [-0.15, -0.1) is 0 Å². The van der Waals surface area contributed by atoms with E-state index in [-0.39, 0.29) is 0 Å². The van der Waals surface area contributed by atoms with Gasteiger partial charge in [0.15, 0.2) is 0 Å². The van der Waals surface area contributed by atoms with Gasteiger partial charge in [-0.3, -0.25) is 0 Å². The normalized spacial score (nSPS) is 23.3. The van der Waals surface area contributed by atoms with Gasteiger partial charge in [0, 0.05) is 36.3 Å². The standard InChI is InChI=1S/C14H23N3O2S2/c18-21(19,17-9-13-3-1-2-6-20-13)14-7-12(16-10-14)8-15-11-4-5-11/h7,10-11,13,15-17H,1-6,8-9H2. The molecule has 2 heterocycles. The lowest BCUT2D eigenvalue weighted by atomic mass is 10.2. The zero-order chi connectivity index (χ0) is 14.7. The summed E-state index contributed by atoms with van der Waals surface area (Å²) < 4.78 is 27.3. The van der Waals surface area contributed by atoms with Crippen molar-refractivity contribution in [1.29, 1.82) is 0 Å². The third-order valence-corrected chi connectivity index (χ3v) is 6.76. The number of H-pyrrole nitrogens is 1. The quantitative estimate of drug-likeness (QED) is 0.713. The van der Waals surface area contributed by atoms with Crippen molar-refractivity contribution in [2.45, 2.75) is 54.8 Å². The monoisotopic (exact) mass is 329 g/mol. The summed E-state index contributed by atoms with van der Waals surface area (Å²) in [5.74, 6) is 1.15. The summed E-state index contributed by atoms with van der Waals surface area (Å²) in [4.78, 5) is 3.39. The van der Waals surface area contributed by atoms with Gasteiger partial charge in [0.2, 0.25) is 10.0 Å². The average molecular weight is 329 g/mol. The van der Waals surface area contributed by atoms with E-state index in [1.165, 1.54) is 25.7 Å². The number of nitrogens with one attached hydrogen (secondary N) is 3. The second kappa shape index (κ2) is 6.73. The van der Waals surface area contributed by atoms with Crippen LogP contribution in [-0.4, -0.2) is 37.0 Å². The molecule has 2 fully saturated rings. The Kier molecular flexibility index (Phi) is 4.93. The third kappa shape index (κ3) is 4.48. The fraction of sp³-hybridized carbons (Fsp3) is 0.714. The minimum Gasteiger partial charge on any atom is -0.363 e. The molecule has 0 bridgehead atoms. The average Bonchev–Trinajstić information content (AvgIpc) is 3.20. The fourth-order valence-corrected chi connectivity index (χ4v) is 4.92. The van der Waals surface area contributed by atoms with Crippen LogP contribution in [0.2, 0.25) is 0 Å². The van der Waals surface area contributed by atoms with Crippen LogP contribution in [0.4, 0.5) is 0 Å². The van der Waals surface area contributed by atoms with Crippen molar-refractivity contribution in [2.24, 2.45) is 0 Å². The van der Waals surface area contributed by atoms with Crippen molar-refractivity contribution in [3.63, 3.8) is 0 Å². The molecule has 1 atom stereocenters. The zero-order valence-corrected chi connectivity index (χ0v) is 13.7. The molecule has 0 aromatic carbocycles. The molecule has 1 aliphatic heterocycles.